The molecule has 41 heavy (non-hydrogen) atoms. The Labute approximate surface area is 250 Å². The van der Waals surface area contributed by atoms with Crippen LogP contribution in [0.3, 0.4) is 0 Å². The van der Waals surface area contributed by atoms with E-state index in [1.54, 1.807) is 24.3 Å². The van der Waals surface area contributed by atoms with E-state index < -0.39 is 51.1 Å². The molecule has 2 saturated heterocycles. The number of likely N-dealkylation sites (tertiary alicyclic amines) is 1. The van der Waals surface area contributed by atoms with Gasteiger partial charge >= 0.3 is 0 Å². The highest BCUT2D eigenvalue weighted by Crippen LogP contribution is 2.66. The van der Waals surface area contributed by atoms with Crippen LogP contribution in [0.15, 0.2) is 48.0 Å². The van der Waals surface area contributed by atoms with Crippen molar-refractivity contribution in [1.29, 1.82) is 0 Å². The van der Waals surface area contributed by atoms with E-state index in [0.717, 1.165) is 9.80 Å². The first kappa shape index (κ1) is 27.9. The van der Waals surface area contributed by atoms with Gasteiger partial charge in [0.15, 0.2) is 21.2 Å². The third-order valence-electron chi connectivity index (χ3n) is 8.93. The number of ether oxygens (including phenoxy) is 2. The highest BCUT2D eigenvalue weighted by atomic mass is 35.5. The second-order valence-corrected chi connectivity index (χ2v) is 12.4. The van der Waals surface area contributed by atoms with Gasteiger partial charge in [0.1, 0.15) is 0 Å². The summed E-state index contributed by atoms with van der Waals surface area (Å²) in [6, 6.07) is 9.42. The van der Waals surface area contributed by atoms with Crippen LogP contribution in [0, 0.1) is 17.8 Å². The average molecular weight is 620 g/mol. The Kier molecular flexibility index (Phi) is 6.37. The second-order valence-electron chi connectivity index (χ2n) is 10.8. The first-order valence-electron chi connectivity index (χ1n) is 12.9. The zero-order valence-corrected chi connectivity index (χ0v) is 24.5. The van der Waals surface area contributed by atoms with Crippen molar-refractivity contribution in [3.05, 3.63) is 58.6 Å². The van der Waals surface area contributed by atoms with Crippen molar-refractivity contribution in [2.24, 2.45) is 17.8 Å². The fourth-order valence-electron chi connectivity index (χ4n) is 7.04. The number of allylic oxidation sites excluding steroid dienone is 2. The Bertz CT molecular complexity index is 1530. The molecule has 9 nitrogen and oxygen atoms in total. The van der Waals surface area contributed by atoms with Crippen molar-refractivity contribution >= 4 is 64.1 Å². The number of carbonyl (C=O) groups excluding carboxylic acids is 4. The number of phenols is 1. The number of rotatable bonds is 4. The van der Waals surface area contributed by atoms with Crippen molar-refractivity contribution in [3.8, 4) is 17.2 Å². The summed E-state index contributed by atoms with van der Waals surface area (Å²) in [5, 5.41) is 11.0. The molecule has 2 aliphatic carbocycles. The van der Waals surface area contributed by atoms with Crippen LogP contribution in [0.2, 0.25) is 5.02 Å². The Hall–Kier alpha value is -3.27. The van der Waals surface area contributed by atoms with E-state index >= 15 is 0 Å². The van der Waals surface area contributed by atoms with Gasteiger partial charge in [0.2, 0.25) is 17.6 Å². The van der Waals surface area contributed by atoms with Crippen LogP contribution in [0.1, 0.15) is 24.3 Å². The van der Waals surface area contributed by atoms with Crippen LogP contribution >= 0.6 is 34.8 Å². The molecular formula is C29H25Cl3N2O7. The van der Waals surface area contributed by atoms with Gasteiger partial charge in [0.05, 0.1) is 31.7 Å². The number of benzene rings is 2. The maximum atomic E-state index is 14.0. The van der Waals surface area contributed by atoms with Crippen LogP contribution in [0.25, 0.3) is 0 Å². The van der Waals surface area contributed by atoms with Gasteiger partial charge in [-0.15, -0.1) is 23.2 Å². The lowest BCUT2D eigenvalue weighted by molar-refractivity contribution is -0.138. The molecule has 2 aromatic rings. The number of halogens is 3. The van der Waals surface area contributed by atoms with E-state index in [0.29, 0.717) is 21.8 Å². The lowest BCUT2D eigenvalue weighted by atomic mass is 9.56. The van der Waals surface area contributed by atoms with Gasteiger partial charge in [-0.3, -0.25) is 29.0 Å². The van der Waals surface area contributed by atoms with Crippen molar-refractivity contribution in [2.75, 3.05) is 26.2 Å². The molecule has 4 amide bonds. The molecule has 4 aliphatic rings. The molecule has 12 heteroatoms. The zero-order valence-electron chi connectivity index (χ0n) is 22.2. The number of nitrogens with zero attached hydrogens (tertiary/aromatic N) is 2. The molecule has 214 valence electrons. The normalized spacial score (nSPS) is 32.5. The highest BCUT2D eigenvalue weighted by Gasteiger charge is 2.76. The molecule has 6 atom stereocenters. The number of aromatic hydroxyl groups is 1. The first-order valence-corrected chi connectivity index (χ1v) is 14.0. The molecule has 1 N–H and O–H groups in total. The molecule has 3 fully saturated rings. The van der Waals surface area contributed by atoms with Gasteiger partial charge in [-0.2, -0.15) is 0 Å². The molecule has 0 spiro atoms. The number of methoxy groups -OCH3 is 2. The minimum atomic E-state index is -1.97. The lowest BCUT2D eigenvalue weighted by Gasteiger charge is -2.50. The molecule has 2 aliphatic heterocycles. The van der Waals surface area contributed by atoms with Gasteiger partial charge < -0.3 is 14.6 Å². The lowest BCUT2D eigenvalue weighted by Crippen LogP contribution is -2.60. The van der Waals surface area contributed by atoms with E-state index in [2.05, 4.69) is 0 Å². The number of hydrogen-bond donors (Lipinski definition) is 1. The number of phenolic OH excluding ortho intramolecular Hbond substituents is 1. The van der Waals surface area contributed by atoms with E-state index in [9.17, 15) is 24.3 Å². The number of carbonyl (C=O) groups is 4. The smallest absolute Gasteiger partial charge is 0.253 e. The van der Waals surface area contributed by atoms with Gasteiger partial charge in [0, 0.05) is 18.0 Å². The Balaban J connectivity index is 1.54. The van der Waals surface area contributed by atoms with Crippen LogP contribution in [-0.4, -0.2) is 64.7 Å². The molecule has 2 aromatic carbocycles. The van der Waals surface area contributed by atoms with Gasteiger partial charge in [-0.1, -0.05) is 23.3 Å². The number of alkyl halides is 2. The summed E-state index contributed by atoms with van der Waals surface area (Å²) >= 11 is 20.4. The summed E-state index contributed by atoms with van der Waals surface area (Å²) in [6.45, 7) is 0. The molecule has 6 rings (SSSR count). The highest BCUT2D eigenvalue weighted by molar-refractivity contribution is 6.53. The summed E-state index contributed by atoms with van der Waals surface area (Å²) in [4.78, 5) is 53.1. The quantitative estimate of drug-likeness (QED) is 0.309. The maximum absolute atomic E-state index is 14.0. The predicted octanol–water partition coefficient (Wildman–Crippen LogP) is 4.26. The van der Waals surface area contributed by atoms with Gasteiger partial charge in [-0.25, -0.2) is 0 Å². The fourth-order valence-corrected chi connectivity index (χ4v) is 8.19. The van der Waals surface area contributed by atoms with E-state index in [4.69, 9.17) is 44.3 Å². The van der Waals surface area contributed by atoms with Crippen molar-refractivity contribution in [2.45, 2.75) is 28.5 Å². The number of amides is 4. The van der Waals surface area contributed by atoms with E-state index in [-0.39, 0.29) is 36.0 Å². The topological polar surface area (TPSA) is 113 Å². The molecular weight excluding hydrogens is 595 g/mol. The number of anilines is 1. The summed E-state index contributed by atoms with van der Waals surface area (Å²) in [5.41, 5.74) is 1.40. The van der Waals surface area contributed by atoms with Crippen LogP contribution in [0.5, 0.6) is 17.2 Å². The summed E-state index contributed by atoms with van der Waals surface area (Å²) in [6.07, 6.45) is 1.92. The monoisotopic (exact) mass is 618 g/mol. The van der Waals surface area contributed by atoms with E-state index in [1.807, 2.05) is 6.08 Å². The third kappa shape index (κ3) is 3.55. The Morgan fingerprint density at radius 3 is 2.12 bits per heavy atom. The molecule has 0 aromatic heterocycles. The molecule has 6 unspecified atom stereocenters. The minimum absolute atomic E-state index is 0.0577. The van der Waals surface area contributed by atoms with Crippen LogP contribution in [0.4, 0.5) is 5.69 Å². The third-order valence-corrected chi connectivity index (χ3v) is 10.6. The fraction of sp³-hybridized carbons (Fsp3) is 0.379. The number of hydrogen-bond acceptors (Lipinski definition) is 7. The van der Waals surface area contributed by atoms with Crippen LogP contribution in [-0.2, 0) is 19.2 Å². The predicted molar refractivity (Wildman–Crippen MR) is 151 cm³/mol. The van der Waals surface area contributed by atoms with Crippen LogP contribution < -0.4 is 14.4 Å². The number of fused-ring (bicyclic) bond motifs is 4. The van der Waals surface area contributed by atoms with Crippen molar-refractivity contribution in [1.82, 2.24) is 4.90 Å². The average Bonchev–Trinajstić information content (AvgIpc) is 3.28. The molecule has 0 radical (unpaired) electrons. The SMILES string of the molecule is COc1cc(C2C3=CCC4C(=O)N(c5ccc(Cl)cc5)C(=O)C4C3CC3(Cl)C(=O)N(C)C(=O)C23Cl)cc(OC)c1O. The summed E-state index contributed by atoms with van der Waals surface area (Å²) < 4.78 is 10.7. The Morgan fingerprint density at radius 1 is 0.927 bits per heavy atom. The molecule has 2 heterocycles. The largest absolute Gasteiger partial charge is 0.502 e. The molecule has 0 bridgehead atoms. The minimum Gasteiger partial charge on any atom is -0.502 e. The molecule has 1 saturated carbocycles. The Morgan fingerprint density at radius 2 is 1.54 bits per heavy atom. The van der Waals surface area contributed by atoms with Gasteiger partial charge in [0.25, 0.3) is 11.8 Å². The number of imide groups is 2. The second kappa shape index (κ2) is 9.37. The summed E-state index contributed by atoms with van der Waals surface area (Å²) in [5.74, 6) is -5.54. The van der Waals surface area contributed by atoms with Crippen molar-refractivity contribution < 1.29 is 33.8 Å². The first-order chi connectivity index (χ1) is 19.4. The van der Waals surface area contributed by atoms with Gasteiger partial charge in [-0.05, 0) is 60.7 Å². The maximum Gasteiger partial charge on any atom is 0.253 e. The van der Waals surface area contributed by atoms with E-state index in [1.165, 1.54) is 33.4 Å². The standard InChI is InChI=1S/C29H25Cl3N2O7/c1-33-26(38)28(31)12-18-16(8-9-17-21(18)25(37)34(24(17)36)15-6-4-14(30)5-7-15)22(29(28,32)27(33)39)13-10-19(40-2)23(35)20(11-13)41-3/h4-8,10-11,17-18,21-22,35H,9,12H2,1-3H3. The van der Waals surface area contributed by atoms with Crippen molar-refractivity contribution in [3.63, 3.8) is 0 Å². The summed E-state index contributed by atoms with van der Waals surface area (Å²) in [7, 11) is 4.04. The zero-order chi connectivity index (χ0) is 29.6.